The molecule has 0 atom stereocenters. The molecule has 1 amide bonds. The maximum Gasteiger partial charge on any atom is 0.280 e. The minimum atomic E-state index is -0.0482. The van der Waals surface area contributed by atoms with Gasteiger partial charge in [-0.3, -0.25) is 4.79 Å². The summed E-state index contributed by atoms with van der Waals surface area (Å²) in [4.78, 5) is 15.0. The molecule has 0 bridgehead atoms. The van der Waals surface area contributed by atoms with Crippen molar-refractivity contribution in [3.63, 3.8) is 0 Å². The van der Waals surface area contributed by atoms with E-state index in [9.17, 15) is 4.79 Å². The van der Waals surface area contributed by atoms with Crippen molar-refractivity contribution in [2.45, 2.75) is 45.6 Å². The van der Waals surface area contributed by atoms with Crippen LogP contribution in [0.1, 0.15) is 52.5 Å². The number of aromatic nitrogens is 3. The van der Waals surface area contributed by atoms with Crippen molar-refractivity contribution in [1.29, 1.82) is 0 Å². The zero-order chi connectivity index (χ0) is 17.4. The fourth-order valence-corrected chi connectivity index (χ4v) is 3.82. The Balaban J connectivity index is 1.62. The van der Waals surface area contributed by atoms with Gasteiger partial charge in [0.1, 0.15) is 0 Å². The van der Waals surface area contributed by atoms with Crippen LogP contribution in [0.4, 0.5) is 5.69 Å². The molecule has 1 aromatic heterocycles. The van der Waals surface area contributed by atoms with Crippen molar-refractivity contribution in [2.24, 2.45) is 0 Å². The number of fused-ring (bicyclic) bond motifs is 1. The van der Waals surface area contributed by atoms with Crippen LogP contribution in [0.5, 0.6) is 0 Å². The number of carbonyl (C=O) groups is 1. The van der Waals surface area contributed by atoms with Crippen LogP contribution in [0.15, 0.2) is 18.3 Å². The molecular formula is C19H24N4O2. The number of carbonyl (C=O) groups excluding carboxylic acids is 1. The predicted octanol–water partition coefficient (Wildman–Crippen LogP) is 2.84. The van der Waals surface area contributed by atoms with Crippen LogP contribution in [-0.4, -0.2) is 40.7 Å². The first-order valence-electron chi connectivity index (χ1n) is 9.05. The minimum Gasteiger partial charge on any atom is -0.381 e. The predicted molar refractivity (Wildman–Crippen MR) is 95.0 cm³/mol. The van der Waals surface area contributed by atoms with Gasteiger partial charge in [0.2, 0.25) is 0 Å². The summed E-state index contributed by atoms with van der Waals surface area (Å²) < 4.78 is 7.23. The molecule has 0 saturated carbocycles. The summed E-state index contributed by atoms with van der Waals surface area (Å²) in [6.45, 7) is 6.41. The van der Waals surface area contributed by atoms with Crippen molar-refractivity contribution in [3.8, 4) is 0 Å². The first-order chi connectivity index (χ1) is 12.1. The number of amides is 1. The summed E-state index contributed by atoms with van der Waals surface area (Å²) in [5.74, 6) is -0.0482. The fraction of sp³-hybridized carbons (Fsp3) is 0.526. The van der Waals surface area contributed by atoms with Crippen molar-refractivity contribution in [2.75, 3.05) is 24.7 Å². The molecule has 6 heteroatoms. The molecule has 4 rings (SSSR count). The topological polar surface area (TPSA) is 60.2 Å². The highest BCUT2D eigenvalue weighted by molar-refractivity contribution is 6.05. The van der Waals surface area contributed by atoms with Gasteiger partial charge < -0.3 is 9.64 Å². The number of hydrogen-bond donors (Lipinski definition) is 0. The van der Waals surface area contributed by atoms with Crippen molar-refractivity contribution in [1.82, 2.24) is 15.0 Å². The summed E-state index contributed by atoms with van der Waals surface area (Å²) in [7, 11) is 0. The number of benzene rings is 1. The first-order valence-corrected chi connectivity index (χ1v) is 9.05. The molecule has 132 valence electrons. The number of anilines is 1. The Hall–Kier alpha value is -2.21. The van der Waals surface area contributed by atoms with Gasteiger partial charge >= 0.3 is 0 Å². The van der Waals surface area contributed by atoms with E-state index in [1.807, 2.05) is 9.58 Å². The lowest BCUT2D eigenvalue weighted by Gasteiger charge is -2.31. The van der Waals surface area contributed by atoms with E-state index in [2.05, 4.69) is 36.3 Å². The van der Waals surface area contributed by atoms with Crippen molar-refractivity contribution in [3.05, 3.63) is 40.7 Å². The summed E-state index contributed by atoms with van der Waals surface area (Å²) in [6, 6.07) is 4.57. The standard InChI is InChI=1S/C19H24N4O2/c1-13-5-6-15-4-3-9-22(18(15)14(13)2)19(24)17-12-23(21-20-17)16-7-10-25-11-8-16/h5-6,12,16H,3-4,7-11H2,1-2H3. The third-order valence-electron chi connectivity index (χ3n) is 5.42. The highest BCUT2D eigenvalue weighted by Gasteiger charge is 2.28. The van der Waals surface area contributed by atoms with Gasteiger partial charge in [0.05, 0.1) is 17.9 Å². The zero-order valence-electron chi connectivity index (χ0n) is 14.9. The summed E-state index contributed by atoms with van der Waals surface area (Å²) >= 11 is 0. The highest BCUT2D eigenvalue weighted by atomic mass is 16.5. The van der Waals surface area contributed by atoms with Crippen LogP contribution in [0.25, 0.3) is 0 Å². The maximum atomic E-state index is 13.1. The van der Waals surface area contributed by atoms with Crippen LogP contribution in [0.3, 0.4) is 0 Å². The number of hydrogen-bond acceptors (Lipinski definition) is 4. The second-order valence-corrected chi connectivity index (χ2v) is 7.00. The molecule has 1 saturated heterocycles. The molecule has 0 radical (unpaired) electrons. The Labute approximate surface area is 147 Å². The Morgan fingerprint density at radius 3 is 2.84 bits per heavy atom. The highest BCUT2D eigenvalue weighted by Crippen LogP contribution is 2.33. The van der Waals surface area contributed by atoms with E-state index < -0.39 is 0 Å². The van der Waals surface area contributed by atoms with Crippen LogP contribution < -0.4 is 4.90 Å². The van der Waals surface area contributed by atoms with Crippen LogP contribution in [0, 0.1) is 13.8 Å². The fourth-order valence-electron chi connectivity index (χ4n) is 3.82. The molecular weight excluding hydrogens is 316 g/mol. The van der Waals surface area contributed by atoms with Gasteiger partial charge in [0.15, 0.2) is 5.69 Å². The van der Waals surface area contributed by atoms with E-state index in [1.54, 1.807) is 6.20 Å². The molecule has 2 aliphatic rings. The van der Waals surface area contributed by atoms with Gasteiger partial charge in [-0.05, 0) is 56.2 Å². The number of aryl methyl sites for hydroxylation is 2. The van der Waals surface area contributed by atoms with Crippen LogP contribution >= 0.6 is 0 Å². The van der Waals surface area contributed by atoms with Gasteiger partial charge in [0.25, 0.3) is 5.91 Å². The van der Waals surface area contributed by atoms with Gasteiger partial charge in [-0.1, -0.05) is 17.3 Å². The number of nitrogens with zero attached hydrogens (tertiary/aromatic N) is 4. The summed E-state index contributed by atoms with van der Waals surface area (Å²) in [6.07, 6.45) is 5.64. The Bertz CT molecular complexity index is 793. The SMILES string of the molecule is Cc1ccc2c(c1C)N(C(=O)c1cn(C3CCOCC3)nn1)CCC2. The normalized spacial score (nSPS) is 18.2. The first kappa shape index (κ1) is 16.3. The van der Waals surface area contributed by atoms with E-state index in [0.29, 0.717) is 5.69 Å². The second-order valence-electron chi connectivity index (χ2n) is 7.00. The minimum absolute atomic E-state index is 0.0482. The van der Waals surface area contributed by atoms with Gasteiger partial charge in [-0.2, -0.15) is 0 Å². The number of rotatable bonds is 2. The monoisotopic (exact) mass is 340 g/mol. The molecule has 1 aromatic carbocycles. The maximum absolute atomic E-state index is 13.1. The molecule has 25 heavy (non-hydrogen) atoms. The Kier molecular flexibility index (Phi) is 4.29. The van der Waals surface area contributed by atoms with Crippen LogP contribution in [0.2, 0.25) is 0 Å². The molecule has 2 aromatic rings. The quantitative estimate of drug-likeness (QED) is 0.843. The van der Waals surface area contributed by atoms with Gasteiger partial charge in [-0.25, -0.2) is 4.68 Å². The molecule has 1 fully saturated rings. The summed E-state index contributed by atoms with van der Waals surface area (Å²) in [5, 5.41) is 8.39. The molecule has 0 N–H and O–H groups in total. The Morgan fingerprint density at radius 1 is 1.24 bits per heavy atom. The van der Waals surface area contributed by atoms with Crippen molar-refractivity contribution < 1.29 is 9.53 Å². The average molecular weight is 340 g/mol. The van der Waals surface area contributed by atoms with E-state index in [1.165, 1.54) is 16.7 Å². The summed E-state index contributed by atoms with van der Waals surface area (Å²) in [5.41, 5.74) is 5.14. The second kappa shape index (κ2) is 6.59. The Morgan fingerprint density at radius 2 is 2.04 bits per heavy atom. The molecule has 0 aliphatic carbocycles. The van der Waals surface area contributed by atoms with E-state index in [4.69, 9.17) is 4.74 Å². The third kappa shape index (κ3) is 2.95. The van der Waals surface area contributed by atoms with E-state index in [0.717, 1.165) is 51.1 Å². The van der Waals surface area contributed by atoms with Crippen LogP contribution in [-0.2, 0) is 11.2 Å². The van der Waals surface area contributed by atoms with Crippen molar-refractivity contribution >= 4 is 11.6 Å². The van der Waals surface area contributed by atoms with E-state index in [-0.39, 0.29) is 11.9 Å². The van der Waals surface area contributed by atoms with E-state index >= 15 is 0 Å². The number of ether oxygens (including phenoxy) is 1. The smallest absolute Gasteiger partial charge is 0.280 e. The molecule has 0 spiro atoms. The molecule has 6 nitrogen and oxygen atoms in total. The average Bonchev–Trinajstić information content (AvgIpc) is 3.15. The van der Waals surface area contributed by atoms with Gasteiger partial charge in [-0.15, -0.1) is 5.10 Å². The molecule has 0 unspecified atom stereocenters. The lowest BCUT2D eigenvalue weighted by atomic mass is 9.95. The largest absolute Gasteiger partial charge is 0.381 e. The molecule has 2 aliphatic heterocycles. The molecule has 3 heterocycles. The van der Waals surface area contributed by atoms with Gasteiger partial charge in [0, 0.05) is 19.8 Å². The lowest BCUT2D eigenvalue weighted by molar-refractivity contribution is 0.0657. The zero-order valence-corrected chi connectivity index (χ0v) is 14.9. The third-order valence-corrected chi connectivity index (χ3v) is 5.42. The lowest BCUT2D eigenvalue weighted by Crippen LogP contribution is -2.36.